The number of hydrogen-bond donors (Lipinski definition) is 2. The highest BCUT2D eigenvalue weighted by atomic mass is 16.2. The highest BCUT2D eigenvalue weighted by Crippen LogP contribution is 2.34. The van der Waals surface area contributed by atoms with Crippen molar-refractivity contribution in [3.05, 3.63) is 34.9 Å². The fraction of sp³-hybridized carbons (Fsp3) is 0.550. The van der Waals surface area contributed by atoms with Gasteiger partial charge in [0.25, 0.3) is 5.91 Å². The van der Waals surface area contributed by atoms with Gasteiger partial charge in [-0.3, -0.25) is 24.6 Å². The summed E-state index contributed by atoms with van der Waals surface area (Å²) in [7, 11) is 0. The van der Waals surface area contributed by atoms with Crippen molar-refractivity contribution in [1.29, 1.82) is 0 Å². The lowest BCUT2D eigenvalue weighted by Crippen LogP contribution is -2.62. The van der Waals surface area contributed by atoms with Crippen molar-refractivity contribution in [3.8, 4) is 0 Å². The lowest BCUT2D eigenvalue weighted by atomic mass is 9.82. The maximum absolute atomic E-state index is 13.1. The third-order valence-corrected chi connectivity index (χ3v) is 6.54. The fourth-order valence-electron chi connectivity index (χ4n) is 5.06. The van der Waals surface area contributed by atoms with Gasteiger partial charge in [0, 0.05) is 44.2 Å². The number of benzene rings is 1. The second-order valence-corrected chi connectivity index (χ2v) is 8.10. The number of rotatable bonds is 3. The lowest BCUT2D eigenvalue weighted by Gasteiger charge is -2.51. The van der Waals surface area contributed by atoms with Crippen molar-refractivity contribution in [1.82, 2.24) is 20.4 Å². The van der Waals surface area contributed by atoms with Crippen LogP contribution in [-0.4, -0.2) is 59.2 Å². The van der Waals surface area contributed by atoms with Crippen molar-refractivity contribution < 1.29 is 14.4 Å². The van der Waals surface area contributed by atoms with E-state index in [1.165, 1.54) is 6.42 Å². The van der Waals surface area contributed by atoms with Crippen LogP contribution < -0.4 is 10.6 Å². The molecule has 27 heavy (non-hydrogen) atoms. The van der Waals surface area contributed by atoms with E-state index in [4.69, 9.17) is 0 Å². The molecular weight excluding hydrogens is 344 g/mol. The first kappa shape index (κ1) is 16.9. The van der Waals surface area contributed by atoms with E-state index in [2.05, 4.69) is 15.5 Å². The van der Waals surface area contributed by atoms with E-state index in [9.17, 15) is 14.4 Å². The topological polar surface area (TPSA) is 81.8 Å². The van der Waals surface area contributed by atoms with Gasteiger partial charge in [-0.05, 0) is 36.4 Å². The van der Waals surface area contributed by atoms with Gasteiger partial charge in [-0.1, -0.05) is 18.2 Å². The van der Waals surface area contributed by atoms with Crippen molar-refractivity contribution >= 4 is 17.7 Å². The van der Waals surface area contributed by atoms with Crippen molar-refractivity contribution in [2.75, 3.05) is 19.6 Å². The number of likely N-dealkylation sites (tertiary alicyclic amines) is 1. The number of imide groups is 1. The average Bonchev–Trinajstić information content (AvgIpc) is 2.97. The molecule has 1 aromatic carbocycles. The maximum atomic E-state index is 13.1. The molecule has 7 heteroatoms. The fourth-order valence-corrected chi connectivity index (χ4v) is 5.06. The summed E-state index contributed by atoms with van der Waals surface area (Å²) < 4.78 is 0. The minimum Gasteiger partial charge on any atom is -0.322 e. The van der Waals surface area contributed by atoms with Crippen molar-refractivity contribution in [3.63, 3.8) is 0 Å². The van der Waals surface area contributed by atoms with E-state index in [-0.39, 0.29) is 24.1 Å². The Hall–Kier alpha value is -2.25. The molecule has 5 rings (SSSR count). The minimum atomic E-state index is -0.550. The van der Waals surface area contributed by atoms with Crippen LogP contribution in [0.25, 0.3) is 0 Å². The second-order valence-electron chi connectivity index (χ2n) is 8.10. The first-order valence-electron chi connectivity index (χ1n) is 9.82. The molecule has 0 radical (unpaired) electrons. The molecular formula is C20H24N4O3. The average molecular weight is 368 g/mol. The van der Waals surface area contributed by atoms with E-state index >= 15 is 0 Å². The van der Waals surface area contributed by atoms with E-state index in [0.29, 0.717) is 19.0 Å². The number of nitrogens with zero attached hydrogens (tertiary/aromatic N) is 2. The highest BCUT2D eigenvalue weighted by Gasteiger charge is 2.42. The van der Waals surface area contributed by atoms with E-state index in [0.717, 1.165) is 48.8 Å². The molecule has 3 amide bonds. The van der Waals surface area contributed by atoms with Crippen LogP contribution in [0.1, 0.15) is 40.7 Å². The predicted octanol–water partition coefficient (Wildman–Crippen LogP) is 0.241. The summed E-state index contributed by atoms with van der Waals surface area (Å²) in [5.74, 6) is 0.0926. The summed E-state index contributed by atoms with van der Waals surface area (Å²) in [4.78, 5) is 40.9. The molecule has 0 saturated carbocycles. The standard InChI is InChI=1S/C20H24N4O3/c25-17-5-4-15(19(26)22-17)24-11-14-3-1-2-13(18(14)20(24)27)10-23-9-12-6-7-21-8-16(12)23/h1-3,12,15-16,21H,4-11H2,(H,22,25,26)/t12-,15?,16-/m1/s1. The molecule has 0 spiro atoms. The summed E-state index contributed by atoms with van der Waals surface area (Å²) in [5, 5.41) is 5.83. The molecule has 142 valence electrons. The van der Waals surface area contributed by atoms with Crippen molar-refractivity contribution in [2.45, 2.75) is 44.4 Å². The first-order chi connectivity index (χ1) is 13.1. The molecule has 4 aliphatic heterocycles. The Balaban J connectivity index is 1.35. The van der Waals surface area contributed by atoms with Gasteiger partial charge in [-0.25, -0.2) is 0 Å². The number of hydrogen-bond acceptors (Lipinski definition) is 5. The number of carbonyl (C=O) groups is 3. The first-order valence-corrected chi connectivity index (χ1v) is 9.82. The summed E-state index contributed by atoms with van der Waals surface area (Å²) in [5.41, 5.74) is 2.80. The molecule has 4 heterocycles. The minimum absolute atomic E-state index is 0.0751. The number of carbonyl (C=O) groups excluding carboxylic acids is 3. The SMILES string of the molecule is O=C1CCC(N2Cc3cccc(CN4C[C@H]5CCNC[C@H]54)c3C2=O)C(=O)N1. The van der Waals surface area contributed by atoms with Crippen LogP contribution >= 0.6 is 0 Å². The van der Waals surface area contributed by atoms with E-state index < -0.39 is 6.04 Å². The molecule has 1 unspecified atom stereocenters. The summed E-state index contributed by atoms with van der Waals surface area (Å²) in [6.45, 7) is 4.45. The lowest BCUT2D eigenvalue weighted by molar-refractivity contribution is -0.136. The highest BCUT2D eigenvalue weighted by molar-refractivity contribution is 6.05. The molecule has 0 bridgehead atoms. The van der Waals surface area contributed by atoms with Crippen molar-refractivity contribution in [2.24, 2.45) is 5.92 Å². The quantitative estimate of drug-likeness (QED) is 0.747. The predicted molar refractivity (Wildman–Crippen MR) is 97.7 cm³/mol. The largest absolute Gasteiger partial charge is 0.322 e. The van der Waals surface area contributed by atoms with Crippen LogP contribution in [0.15, 0.2) is 18.2 Å². The van der Waals surface area contributed by atoms with Crippen LogP contribution in [0.3, 0.4) is 0 Å². The molecule has 0 aromatic heterocycles. The van der Waals surface area contributed by atoms with Crippen LogP contribution in [0.2, 0.25) is 0 Å². The molecule has 4 aliphatic rings. The van der Waals surface area contributed by atoms with Gasteiger partial charge in [0.05, 0.1) is 0 Å². The van der Waals surface area contributed by atoms with Gasteiger partial charge in [-0.15, -0.1) is 0 Å². The van der Waals surface area contributed by atoms with E-state index in [1.807, 2.05) is 18.2 Å². The maximum Gasteiger partial charge on any atom is 0.255 e. The van der Waals surface area contributed by atoms with E-state index in [1.54, 1.807) is 4.90 Å². The zero-order valence-corrected chi connectivity index (χ0v) is 15.2. The molecule has 2 N–H and O–H groups in total. The number of fused-ring (bicyclic) bond motifs is 2. The summed E-state index contributed by atoms with van der Waals surface area (Å²) >= 11 is 0. The zero-order chi connectivity index (χ0) is 18.5. The van der Waals surface area contributed by atoms with Gasteiger partial charge >= 0.3 is 0 Å². The van der Waals surface area contributed by atoms with Gasteiger partial charge in [0.1, 0.15) is 6.04 Å². The van der Waals surface area contributed by atoms with Crippen LogP contribution in [0.4, 0.5) is 0 Å². The normalized spacial score (nSPS) is 30.6. The van der Waals surface area contributed by atoms with Crippen LogP contribution in [-0.2, 0) is 22.7 Å². The van der Waals surface area contributed by atoms with Gasteiger partial charge in [0.2, 0.25) is 11.8 Å². The van der Waals surface area contributed by atoms with Gasteiger partial charge in [0.15, 0.2) is 0 Å². The van der Waals surface area contributed by atoms with Gasteiger partial charge < -0.3 is 10.2 Å². The molecule has 3 fully saturated rings. The second kappa shape index (κ2) is 6.42. The monoisotopic (exact) mass is 368 g/mol. The Labute approximate surface area is 158 Å². The Morgan fingerprint density at radius 2 is 2.04 bits per heavy atom. The molecule has 3 atom stereocenters. The molecule has 7 nitrogen and oxygen atoms in total. The Bertz CT molecular complexity index is 823. The molecule has 3 saturated heterocycles. The summed E-state index contributed by atoms with van der Waals surface area (Å²) in [6.07, 6.45) is 1.92. The van der Waals surface area contributed by atoms with Gasteiger partial charge in [-0.2, -0.15) is 0 Å². The zero-order valence-electron chi connectivity index (χ0n) is 15.2. The Morgan fingerprint density at radius 1 is 1.15 bits per heavy atom. The third-order valence-electron chi connectivity index (χ3n) is 6.54. The third kappa shape index (κ3) is 2.76. The number of amides is 3. The smallest absolute Gasteiger partial charge is 0.255 e. The molecule has 1 aromatic rings. The summed E-state index contributed by atoms with van der Waals surface area (Å²) in [6, 6.07) is 6.03. The Morgan fingerprint density at radius 3 is 2.85 bits per heavy atom. The van der Waals surface area contributed by atoms with Crippen LogP contribution in [0.5, 0.6) is 0 Å². The van der Waals surface area contributed by atoms with Crippen LogP contribution in [0, 0.1) is 5.92 Å². The molecule has 0 aliphatic carbocycles. The number of piperidine rings is 2. The Kier molecular flexibility index (Phi) is 4.02. The number of nitrogens with one attached hydrogen (secondary N) is 2.